The van der Waals surface area contributed by atoms with E-state index >= 15 is 0 Å². The molecule has 2 aromatic carbocycles. The number of amides is 2. The number of nitrogens with one attached hydrogen (secondary N) is 2. The van der Waals surface area contributed by atoms with E-state index in [9.17, 15) is 9.59 Å². The van der Waals surface area contributed by atoms with Crippen LogP contribution < -0.4 is 15.4 Å². The number of carbonyl (C=O) groups is 2. The Kier molecular flexibility index (Phi) is 4.44. The molecule has 0 spiro atoms. The Balaban J connectivity index is 1.65. The second-order valence-corrected chi connectivity index (χ2v) is 6.16. The molecule has 5 nitrogen and oxygen atoms in total. The SMILES string of the molecule is CC1(C(=O)NCCc2cccc(Cl)c2)Oc2ccccc2NC1=O. The van der Waals surface area contributed by atoms with Gasteiger partial charge >= 0.3 is 0 Å². The number of anilines is 1. The molecule has 0 aromatic heterocycles. The molecule has 0 bridgehead atoms. The molecule has 1 heterocycles. The van der Waals surface area contributed by atoms with Crippen LogP contribution in [0.2, 0.25) is 5.02 Å². The van der Waals surface area contributed by atoms with E-state index in [0.717, 1.165) is 5.56 Å². The Morgan fingerprint density at radius 3 is 2.83 bits per heavy atom. The minimum Gasteiger partial charge on any atom is -0.466 e. The van der Waals surface area contributed by atoms with Crippen LogP contribution in [0.3, 0.4) is 0 Å². The lowest BCUT2D eigenvalue weighted by Crippen LogP contribution is -2.58. The first kappa shape index (κ1) is 16.3. The van der Waals surface area contributed by atoms with Crippen LogP contribution in [0.25, 0.3) is 0 Å². The molecule has 2 N–H and O–H groups in total. The molecule has 0 radical (unpaired) electrons. The third-order valence-electron chi connectivity index (χ3n) is 3.90. The molecule has 2 amide bonds. The van der Waals surface area contributed by atoms with Crippen LogP contribution in [0, 0.1) is 0 Å². The van der Waals surface area contributed by atoms with Gasteiger partial charge in [-0.05, 0) is 43.2 Å². The number of para-hydroxylation sites is 2. The van der Waals surface area contributed by atoms with Crippen LogP contribution in [-0.2, 0) is 16.0 Å². The topological polar surface area (TPSA) is 67.4 Å². The number of ether oxygens (including phenoxy) is 1. The standard InChI is InChI=1S/C18H17ClN2O3/c1-18(17(23)21-14-7-2-3-8-15(14)24-18)16(22)20-10-9-12-5-4-6-13(19)11-12/h2-8,11H,9-10H2,1H3,(H,20,22)(H,21,23). The first-order chi connectivity index (χ1) is 11.5. The van der Waals surface area contributed by atoms with Crippen LogP contribution in [0.5, 0.6) is 5.75 Å². The lowest BCUT2D eigenvalue weighted by Gasteiger charge is -2.33. The summed E-state index contributed by atoms with van der Waals surface area (Å²) in [6, 6.07) is 14.4. The molecule has 1 aliphatic heterocycles. The van der Waals surface area contributed by atoms with Crippen LogP contribution >= 0.6 is 11.6 Å². The largest absolute Gasteiger partial charge is 0.466 e. The second kappa shape index (κ2) is 6.53. The van der Waals surface area contributed by atoms with Crippen molar-refractivity contribution >= 4 is 29.1 Å². The van der Waals surface area contributed by atoms with E-state index in [1.165, 1.54) is 6.92 Å². The van der Waals surface area contributed by atoms with Gasteiger partial charge in [-0.3, -0.25) is 9.59 Å². The molecule has 6 heteroatoms. The predicted octanol–water partition coefficient (Wildman–Crippen LogP) is 2.79. The summed E-state index contributed by atoms with van der Waals surface area (Å²) in [5.74, 6) is -0.484. The minimum absolute atomic E-state index is 0.382. The molecule has 24 heavy (non-hydrogen) atoms. The summed E-state index contributed by atoms with van der Waals surface area (Å²) in [4.78, 5) is 24.8. The molecule has 2 aromatic rings. The number of hydrogen-bond acceptors (Lipinski definition) is 3. The van der Waals surface area contributed by atoms with Gasteiger partial charge in [-0.15, -0.1) is 0 Å². The summed E-state index contributed by atoms with van der Waals surface area (Å²) in [6.07, 6.45) is 0.612. The summed E-state index contributed by atoms with van der Waals surface area (Å²) in [5.41, 5.74) is -0.0260. The number of fused-ring (bicyclic) bond motifs is 1. The van der Waals surface area contributed by atoms with Gasteiger partial charge in [0, 0.05) is 11.6 Å². The summed E-state index contributed by atoms with van der Waals surface area (Å²) < 4.78 is 5.67. The molecule has 3 rings (SSSR count). The van der Waals surface area contributed by atoms with Crippen molar-refractivity contribution in [3.8, 4) is 5.75 Å². The number of benzene rings is 2. The zero-order valence-electron chi connectivity index (χ0n) is 13.1. The molecular weight excluding hydrogens is 328 g/mol. The Morgan fingerprint density at radius 2 is 2.04 bits per heavy atom. The van der Waals surface area contributed by atoms with Gasteiger partial charge in [-0.2, -0.15) is 0 Å². The highest BCUT2D eigenvalue weighted by atomic mass is 35.5. The van der Waals surface area contributed by atoms with Crippen molar-refractivity contribution < 1.29 is 14.3 Å². The van der Waals surface area contributed by atoms with Crippen molar-refractivity contribution in [2.24, 2.45) is 0 Å². The van der Waals surface area contributed by atoms with E-state index in [2.05, 4.69) is 10.6 Å². The van der Waals surface area contributed by atoms with E-state index < -0.39 is 17.4 Å². The molecule has 0 saturated heterocycles. The molecule has 0 aliphatic carbocycles. The van der Waals surface area contributed by atoms with Crippen molar-refractivity contribution in [3.05, 3.63) is 59.1 Å². The summed E-state index contributed by atoms with van der Waals surface area (Å²) >= 11 is 5.94. The highest BCUT2D eigenvalue weighted by molar-refractivity contribution is 6.30. The first-order valence-corrected chi connectivity index (χ1v) is 7.99. The van der Waals surface area contributed by atoms with Gasteiger partial charge in [-0.1, -0.05) is 35.9 Å². The fourth-order valence-corrected chi connectivity index (χ4v) is 2.71. The smallest absolute Gasteiger partial charge is 0.278 e. The Bertz CT molecular complexity index is 793. The normalized spacial score (nSPS) is 19.0. The van der Waals surface area contributed by atoms with Crippen molar-refractivity contribution in [2.45, 2.75) is 18.9 Å². The van der Waals surface area contributed by atoms with Crippen LogP contribution in [0.15, 0.2) is 48.5 Å². The van der Waals surface area contributed by atoms with E-state index in [4.69, 9.17) is 16.3 Å². The number of hydrogen-bond donors (Lipinski definition) is 2. The maximum atomic E-state index is 12.5. The van der Waals surface area contributed by atoms with Gasteiger partial charge in [0.15, 0.2) is 0 Å². The predicted molar refractivity (Wildman–Crippen MR) is 92.3 cm³/mol. The molecule has 1 unspecified atom stereocenters. The number of halogens is 1. The van der Waals surface area contributed by atoms with Crippen molar-refractivity contribution in [1.82, 2.24) is 5.32 Å². The molecule has 124 valence electrons. The zero-order chi connectivity index (χ0) is 17.2. The lowest BCUT2D eigenvalue weighted by molar-refractivity contribution is -0.146. The van der Waals surface area contributed by atoms with Gasteiger partial charge in [0.1, 0.15) is 5.75 Å². The van der Waals surface area contributed by atoms with Crippen molar-refractivity contribution in [1.29, 1.82) is 0 Å². The van der Waals surface area contributed by atoms with Gasteiger partial charge in [-0.25, -0.2) is 0 Å². The van der Waals surface area contributed by atoms with E-state index in [1.54, 1.807) is 30.3 Å². The number of carbonyl (C=O) groups excluding carboxylic acids is 2. The zero-order valence-corrected chi connectivity index (χ0v) is 13.9. The second-order valence-electron chi connectivity index (χ2n) is 5.72. The Labute approximate surface area is 145 Å². The van der Waals surface area contributed by atoms with E-state index in [1.807, 2.05) is 18.2 Å². The van der Waals surface area contributed by atoms with Gasteiger partial charge in [0.2, 0.25) is 0 Å². The van der Waals surface area contributed by atoms with Crippen molar-refractivity contribution in [2.75, 3.05) is 11.9 Å². The summed E-state index contributed by atoms with van der Waals surface area (Å²) in [7, 11) is 0. The quantitative estimate of drug-likeness (QED) is 0.838. The third-order valence-corrected chi connectivity index (χ3v) is 4.14. The average molecular weight is 345 g/mol. The fraction of sp³-hybridized carbons (Fsp3) is 0.222. The molecule has 0 saturated carbocycles. The third kappa shape index (κ3) is 3.21. The maximum absolute atomic E-state index is 12.5. The summed E-state index contributed by atoms with van der Waals surface area (Å²) in [5, 5.41) is 6.11. The summed E-state index contributed by atoms with van der Waals surface area (Å²) in [6.45, 7) is 1.85. The molecule has 1 atom stereocenters. The highest BCUT2D eigenvalue weighted by Crippen LogP contribution is 2.33. The van der Waals surface area contributed by atoms with Gasteiger partial charge in [0.05, 0.1) is 5.69 Å². The lowest BCUT2D eigenvalue weighted by atomic mass is 10.0. The molecule has 0 fully saturated rings. The van der Waals surface area contributed by atoms with E-state index in [0.29, 0.717) is 29.4 Å². The average Bonchev–Trinajstić information content (AvgIpc) is 2.56. The minimum atomic E-state index is -1.59. The van der Waals surface area contributed by atoms with E-state index in [-0.39, 0.29) is 0 Å². The first-order valence-electron chi connectivity index (χ1n) is 7.61. The van der Waals surface area contributed by atoms with Gasteiger partial charge < -0.3 is 15.4 Å². The fourth-order valence-electron chi connectivity index (χ4n) is 2.50. The monoisotopic (exact) mass is 344 g/mol. The van der Waals surface area contributed by atoms with Crippen LogP contribution in [-0.4, -0.2) is 24.0 Å². The Hall–Kier alpha value is -2.53. The number of rotatable bonds is 4. The molecular formula is C18H17ClN2O3. The maximum Gasteiger partial charge on any atom is 0.278 e. The Morgan fingerprint density at radius 1 is 1.25 bits per heavy atom. The van der Waals surface area contributed by atoms with Gasteiger partial charge in [0.25, 0.3) is 17.4 Å². The van der Waals surface area contributed by atoms with Crippen molar-refractivity contribution in [3.63, 3.8) is 0 Å². The van der Waals surface area contributed by atoms with Crippen LogP contribution in [0.4, 0.5) is 5.69 Å². The highest BCUT2D eigenvalue weighted by Gasteiger charge is 2.46. The van der Waals surface area contributed by atoms with Crippen LogP contribution in [0.1, 0.15) is 12.5 Å². The molecule has 1 aliphatic rings.